The highest BCUT2D eigenvalue weighted by Crippen LogP contribution is 2.27. The number of nitrogens with one attached hydrogen (secondary N) is 2. The highest BCUT2D eigenvalue weighted by molar-refractivity contribution is 6.30. The summed E-state index contributed by atoms with van der Waals surface area (Å²) in [5.74, 6) is 1.40. The molecule has 0 radical (unpaired) electrons. The van der Waals surface area contributed by atoms with Crippen LogP contribution in [-0.4, -0.2) is 33.2 Å². The molecule has 134 valence electrons. The third-order valence-corrected chi connectivity index (χ3v) is 3.92. The molecule has 0 aromatic heterocycles. The first-order chi connectivity index (χ1) is 12.1. The number of halogens is 1. The number of hydrogen-bond donors (Lipinski definition) is 2. The maximum atomic E-state index is 11.9. The van der Waals surface area contributed by atoms with Crippen LogP contribution < -0.4 is 20.1 Å². The average Bonchev–Trinajstić information content (AvgIpc) is 2.61. The predicted molar refractivity (Wildman–Crippen MR) is 101 cm³/mol. The topological polar surface area (TPSA) is 59.6 Å². The number of carbonyl (C=O) groups excluding carboxylic acids is 1. The Morgan fingerprint density at radius 1 is 1.04 bits per heavy atom. The number of benzene rings is 2. The van der Waals surface area contributed by atoms with Gasteiger partial charge in [0.2, 0.25) is 5.91 Å². The number of ether oxygens (including phenoxy) is 2. The molecule has 0 atom stereocenters. The largest absolute Gasteiger partial charge is 0.493 e. The molecule has 5 nitrogen and oxygen atoms in total. The van der Waals surface area contributed by atoms with E-state index in [1.54, 1.807) is 14.2 Å². The molecule has 0 bridgehead atoms. The van der Waals surface area contributed by atoms with Crippen LogP contribution in [0.1, 0.15) is 12.0 Å². The first-order valence-electron chi connectivity index (χ1n) is 8.09. The Hall–Kier alpha value is -2.40. The number of anilines is 1. The summed E-state index contributed by atoms with van der Waals surface area (Å²) < 4.78 is 10.5. The molecule has 0 heterocycles. The first-order valence-corrected chi connectivity index (χ1v) is 8.47. The van der Waals surface area contributed by atoms with E-state index in [2.05, 4.69) is 10.6 Å². The van der Waals surface area contributed by atoms with E-state index < -0.39 is 0 Å². The second-order valence-corrected chi connectivity index (χ2v) is 5.91. The number of rotatable bonds is 9. The number of amides is 1. The molecule has 2 aromatic rings. The normalized spacial score (nSPS) is 10.2. The highest BCUT2D eigenvalue weighted by Gasteiger charge is 2.05. The van der Waals surface area contributed by atoms with Gasteiger partial charge in [0.15, 0.2) is 11.5 Å². The summed E-state index contributed by atoms with van der Waals surface area (Å²) in [4.78, 5) is 11.9. The fraction of sp³-hybridized carbons (Fsp3) is 0.316. The van der Waals surface area contributed by atoms with Crippen LogP contribution in [0, 0.1) is 0 Å². The third kappa shape index (κ3) is 6.19. The van der Waals surface area contributed by atoms with Gasteiger partial charge in [0.05, 0.1) is 14.2 Å². The van der Waals surface area contributed by atoms with Crippen LogP contribution in [0.4, 0.5) is 5.69 Å². The van der Waals surface area contributed by atoms with Crippen molar-refractivity contribution in [1.82, 2.24) is 5.32 Å². The highest BCUT2D eigenvalue weighted by atomic mass is 35.5. The van der Waals surface area contributed by atoms with Gasteiger partial charge in [-0.2, -0.15) is 0 Å². The Balaban J connectivity index is 1.70. The molecular formula is C19H23ClN2O3. The average molecular weight is 363 g/mol. The van der Waals surface area contributed by atoms with Crippen LogP contribution in [0.2, 0.25) is 5.02 Å². The third-order valence-electron chi connectivity index (χ3n) is 3.69. The molecule has 0 aliphatic carbocycles. The van der Waals surface area contributed by atoms with Crippen LogP contribution in [0.5, 0.6) is 11.5 Å². The van der Waals surface area contributed by atoms with Crippen molar-refractivity contribution in [2.45, 2.75) is 12.8 Å². The zero-order valence-corrected chi connectivity index (χ0v) is 15.2. The smallest absolute Gasteiger partial charge is 0.221 e. The summed E-state index contributed by atoms with van der Waals surface area (Å²) >= 11 is 5.92. The summed E-state index contributed by atoms with van der Waals surface area (Å²) in [5, 5.41) is 6.77. The monoisotopic (exact) mass is 362 g/mol. The van der Waals surface area contributed by atoms with E-state index >= 15 is 0 Å². The Morgan fingerprint density at radius 3 is 2.56 bits per heavy atom. The quantitative estimate of drug-likeness (QED) is 0.716. The van der Waals surface area contributed by atoms with Gasteiger partial charge in [0.25, 0.3) is 0 Å². The molecule has 1 amide bonds. The van der Waals surface area contributed by atoms with Gasteiger partial charge >= 0.3 is 0 Å². The van der Waals surface area contributed by atoms with Crippen LogP contribution in [-0.2, 0) is 11.2 Å². The fourth-order valence-corrected chi connectivity index (χ4v) is 2.58. The van der Waals surface area contributed by atoms with Gasteiger partial charge in [-0.25, -0.2) is 0 Å². The van der Waals surface area contributed by atoms with E-state index in [0.29, 0.717) is 36.0 Å². The molecule has 6 heteroatoms. The lowest BCUT2D eigenvalue weighted by Crippen LogP contribution is -2.27. The molecule has 2 N–H and O–H groups in total. The molecule has 0 unspecified atom stereocenters. The second-order valence-electron chi connectivity index (χ2n) is 5.48. The minimum absolute atomic E-state index is 0.00926. The maximum Gasteiger partial charge on any atom is 0.221 e. The van der Waals surface area contributed by atoms with E-state index in [1.807, 2.05) is 42.5 Å². The van der Waals surface area contributed by atoms with Crippen molar-refractivity contribution in [2.75, 3.05) is 32.6 Å². The Kier molecular flexibility index (Phi) is 7.41. The van der Waals surface area contributed by atoms with Gasteiger partial charge in [0.1, 0.15) is 0 Å². The first kappa shape index (κ1) is 18.9. The maximum absolute atomic E-state index is 11.9. The van der Waals surface area contributed by atoms with Gasteiger partial charge in [-0.15, -0.1) is 0 Å². The minimum Gasteiger partial charge on any atom is -0.493 e. The van der Waals surface area contributed by atoms with Crippen LogP contribution >= 0.6 is 11.6 Å². The number of hydrogen-bond acceptors (Lipinski definition) is 4. The van der Waals surface area contributed by atoms with Gasteiger partial charge in [0, 0.05) is 30.2 Å². The molecule has 0 fully saturated rings. The zero-order chi connectivity index (χ0) is 18.1. The molecule has 0 saturated heterocycles. The van der Waals surface area contributed by atoms with Crippen molar-refractivity contribution >= 4 is 23.2 Å². The standard InChI is InChI=1S/C19H23ClN2O3/c1-24-17-7-6-14(12-18(17)25-2)8-10-22-19(23)9-11-21-16-5-3-4-15(20)13-16/h3-7,12-13,21H,8-11H2,1-2H3,(H,22,23). The Bertz CT molecular complexity index is 707. The van der Waals surface area contributed by atoms with Crippen LogP contribution in [0.15, 0.2) is 42.5 Å². The van der Waals surface area contributed by atoms with Gasteiger partial charge in [-0.1, -0.05) is 23.7 Å². The van der Waals surface area contributed by atoms with Crippen molar-refractivity contribution in [3.63, 3.8) is 0 Å². The summed E-state index contributed by atoms with van der Waals surface area (Å²) in [5.41, 5.74) is 1.99. The molecule has 0 aliphatic heterocycles. The molecular weight excluding hydrogens is 340 g/mol. The Labute approximate surface area is 153 Å². The summed E-state index contributed by atoms with van der Waals surface area (Å²) in [7, 11) is 3.21. The van der Waals surface area contributed by atoms with Crippen LogP contribution in [0.3, 0.4) is 0 Å². The second kappa shape index (κ2) is 9.79. The SMILES string of the molecule is COc1ccc(CCNC(=O)CCNc2cccc(Cl)c2)cc1OC. The summed E-state index contributed by atoms with van der Waals surface area (Å²) in [6.45, 7) is 1.13. The zero-order valence-electron chi connectivity index (χ0n) is 14.5. The molecule has 25 heavy (non-hydrogen) atoms. The number of methoxy groups -OCH3 is 2. The summed E-state index contributed by atoms with van der Waals surface area (Å²) in [6, 6.07) is 13.2. The fourth-order valence-electron chi connectivity index (χ4n) is 2.39. The summed E-state index contributed by atoms with van der Waals surface area (Å²) in [6.07, 6.45) is 1.13. The van der Waals surface area contributed by atoms with E-state index in [9.17, 15) is 4.79 Å². The van der Waals surface area contributed by atoms with E-state index in [0.717, 1.165) is 17.7 Å². The van der Waals surface area contributed by atoms with Gasteiger partial charge < -0.3 is 20.1 Å². The molecule has 0 spiro atoms. The molecule has 0 aliphatic rings. The Morgan fingerprint density at radius 2 is 1.84 bits per heavy atom. The van der Waals surface area contributed by atoms with Crippen molar-refractivity contribution in [3.8, 4) is 11.5 Å². The lowest BCUT2D eigenvalue weighted by Gasteiger charge is -2.10. The molecule has 0 saturated carbocycles. The number of carbonyl (C=O) groups is 1. The van der Waals surface area contributed by atoms with Crippen molar-refractivity contribution < 1.29 is 14.3 Å². The molecule has 2 rings (SSSR count). The van der Waals surface area contributed by atoms with Crippen LogP contribution in [0.25, 0.3) is 0 Å². The lowest BCUT2D eigenvalue weighted by molar-refractivity contribution is -0.120. The van der Waals surface area contributed by atoms with E-state index in [-0.39, 0.29) is 5.91 Å². The van der Waals surface area contributed by atoms with E-state index in [4.69, 9.17) is 21.1 Å². The lowest BCUT2D eigenvalue weighted by atomic mass is 10.1. The van der Waals surface area contributed by atoms with E-state index in [1.165, 1.54) is 0 Å². The van der Waals surface area contributed by atoms with Crippen molar-refractivity contribution in [1.29, 1.82) is 0 Å². The van der Waals surface area contributed by atoms with Gasteiger partial charge in [-0.05, 0) is 42.3 Å². The predicted octanol–water partition coefficient (Wildman–Crippen LogP) is 3.52. The van der Waals surface area contributed by atoms with Crippen molar-refractivity contribution in [2.24, 2.45) is 0 Å². The van der Waals surface area contributed by atoms with Gasteiger partial charge in [-0.3, -0.25) is 4.79 Å². The van der Waals surface area contributed by atoms with Crippen molar-refractivity contribution in [3.05, 3.63) is 53.1 Å². The molecule has 2 aromatic carbocycles. The minimum atomic E-state index is 0.00926.